The first-order valence-electron chi connectivity index (χ1n) is 3.90. The lowest BCUT2D eigenvalue weighted by Gasteiger charge is -2.13. The summed E-state index contributed by atoms with van der Waals surface area (Å²) in [6, 6.07) is -0.244. The third-order valence-electron chi connectivity index (χ3n) is 2.19. The molecule has 0 bridgehead atoms. The molecule has 1 rings (SSSR count). The Kier molecular flexibility index (Phi) is 2.84. The molecule has 0 amide bonds. The number of hydrogen-bond acceptors (Lipinski definition) is 4. The van der Waals surface area contributed by atoms with Crippen LogP contribution in [0.5, 0.6) is 0 Å². The highest BCUT2D eigenvalue weighted by Gasteiger charge is 2.37. The van der Waals surface area contributed by atoms with Gasteiger partial charge in [-0.3, -0.25) is 0 Å². The molecule has 0 aromatic heterocycles. The Morgan fingerprint density at radius 2 is 1.91 bits per heavy atom. The molecule has 4 atom stereocenters. The molecule has 0 aromatic carbocycles. The van der Waals surface area contributed by atoms with Crippen LogP contribution in [0, 0.1) is 0 Å². The number of aliphatic hydroxyl groups is 3. The summed E-state index contributed by atoms with van der Waals surface area (Å²) in [6.07, 6.45) is -0.952. The smallest absolute Gasteiger partial charge is 0.0967 e. The molecule has 0 saturated carbocycles. The number of nitrogens with one attached hydrogen (secondary N) is 1. The summed E-state index contributed by atoms with van der Waals surface area (Å²) in [5.74, 6) is 0. The van der Waals surface area contributed by atoms with Gasteiger partial charge in [-0.1, -0.05) is 0 Å². The first kappa shape index (κ1) is 8.93. The first-order valence-corrected chi connectivity index (χ1v) is 3.90. The summed E-state index contributed by atoms with van der Waals surface area (Å²) in [5, 5.41) is 30.2. The monoisotopic (exact) mass is 161 g/mol. The van der Waals surface area contributed by atoms with E-state index in [0.717, 1.165) is 0 Å². The van der Waals surface area contributed by atoms with E-state index in [4.69, 9.17) is 5.11 Å². The van der Waals surface area contributed by atoms with E-state index in [2.05, 4.69) is 5.32 Å². The Morgan fingerprint density at radius 1 is 1.27 bits per heavy atom. The second-order valence-corrected chi connectivity index (χ2v) is 3.06. The van der Waals surface area contributed by atoms with Gasteiger partial charge in [-0.2, -0.15) is 0 Å². The van der Waals surface area contributed by atoms with Crippen molar-refractivity contribution in [1.82, 2.24) is 5.32 Å². The van der Waals surface area contributed by atoms with Crippen LogP contribution < -0.4 is 5.32 Å². The average Bonchev–Trinajstić information content (AvgIpc) is 2.19. The van der Waals surface area contributed by atoms with Crippen LogP contribution in [0.2, 0.25) is 0 Å². The molecular formula is C7H15NO3. The summed E-state index contributed by atoms with van der Waals surface area (Å²) in [5.41, 5.74) is 0. The van der Waals surface area contributed by atoms with Gasteiger partial charge in [-0.25, -0.2) is 0 Å². The van der Waals surface area contributed by atoms with E-state index in [-0.39, 0.29) is 18.7 Å². The predicted octanol–water partition coefficient (Wildman–Crippen LogP) is -1.55. The maximum absolute atomic E-state index is 9.34. The average molecular weight is 161 g/mol. The Bertz CT molecular complexity index is 131. The maximum atomic E-state index is 9.34. The highest BCUT2D eigenvalue weighted by molar-refractivity contribution is 4.95. The van der Waals surface area contributed by atoms with Gasteiger partial charge in [0.15, 0.2) is 0 Å². The molecule has 1 fully saturated rings. The molecule has 4 N–H and O–H groups in total. The van der Waals surface area contributed by atoms with E-state index in [1.807, 2.05) is 6.92 Å². The molecule has 0 radical (unpaired) electrons. The Morgan fingerprint density at radius 3 is 2.27 bits per heavy atom. The fourth-order valence-corrected chi connectivity index (χ4v) is 1.46. The topological polar surface area (TPSA) is 72.7 Å². The highest BCUT2D eigenvalue weighted by atomic mass is 16.3. The molecular weight excluding hydrogens is 146 g/mol. The molecule has 4 heteroatoms. The highest BCUT2D eigenvalue weighted by Crippen LogP contribution is 2.15. The van der Waals surface area contributed by atoms with E-state index < -0.39 is 12.2 Å². The molecule has 0 aromatic rings. The van der Waals surface area contributed by atoms with E-state index in [1.165, 1.54) is 0 Å². The molecule has 0 spiro atoms. The van der Waals surface area contributed by atoms with E-state index >= 15 is 0 Å². The summed E-state index contributed by atoms with van der Waals surface area (Å²) in [4.78, 5) is 0. The molecule has 1 saturated heterocycles. The van der Waals surface area contributed by atoms with Crippen molar-refractivity contribution in [1.29, 1.82) is 0 Å². The van der Waals surface area contributed by atoms with Crippen LogP contribution in [0.25, 0.3) is 0 Å². The molecule has 0 aliphatic carbocycles. The zero-order valence-corrected chi connectivity index (χ0v) is 6.57. The molecule has 4 nitrogen and oxygen atoms in total. The van der Waals surface area contributed by atoms with Crippen molar-refractivity contribution in [2.75, 3.05) is 6.61 Å². The van der Waals surface area contributed by atoms with Crippen LogP contribution in [0.3, 0.4) is 0 Å². The van der Waals surface area contributed by atoms with Gasteiger partial charge in [0.1, 0.15) is 0 Å². The lowest BCUT2D eigenvalue weighted by molar-refractivity contribution is 0.0269. The Labute approximate surface area is 65.9 Å². The van der Waals surface area contributed by atoms with Crippen molar-refractivity contribution in [3.63, 3.8) is 0 Å². The van der Waals surface area contributed by atoms with Crippen molar-refractivity contribution in [3.05, 3.63) is 0 Å². The minimum Gasteiger partial charge on any atom is -0.396 e. The molecule has 1 aliphatic heterocycles. The van der Waals surface area contributed by atoms with Gasteiger partial charge in [0.05, 0.1) is 12.2 Å². The minimum atomic E-state index is -0.739. The summed E-state index contributed by atoms with van der Waals surface area (Å²) in [6.45, 7) is 1.85. The number of hydrogen-bond donors (Lipinski definition) is 4. The van der Waals surface area contributed by atoms with Gasteiger partial charge in [0.2, 0.25) is 0 Å². The minimum absolute atomic E-state index is 0.0359. The molecule has 1 aliphatic rings. The van der Waals surface area contributed by atoms with Gasteiger partial charge < -0.3 is 20.6 Å². The quantitative estimate of drug-likeness (QED) is 0.396. The van der Waals surface area contributed by atoms with Crippen molar-refractivity contribution in [2.45, 2.75) is 37.6 Å². The van der Waals surface area contributed by atoms with Crippen LogP contribution in [-0.4, -0.2) is 46.2 Å². The van der Waals surface area contributed by atoms with Gasteiger partial charge in [-0.15, -0.1) is 0 Å². The van der Waals surface area contributed by atoms with Gasteiger partial charge >= 0.3 is 0 Å². The normalized spacial score (nSPS) is 44.7. The number of aliphatic hydroxyl groups excluding tert-OH is 3. The van der Waals surface area contributed by atoms with E-state index in [1.54, 1.807) is 0 Å². The number of rotatable bonds is 2. The standard InChI is InChI=1S/C7H15NO3/c1-4-6(10)7(11)5(8-4)2-3-9/h4-11H,2-3H2,1H3/t4-,5+,6+,7-/m0/s1. The fraction of sp³-hybridized carbons (Fsp3) is 1.00. The fourth-order valence-electron chi connectivity index (χ4n) is 1.46. The zero-order valence-electron chi connectivity index (χ0n) is 6.57. The van der Waals surface area contributed by atoms with Crippen LogP contribution in [-0.2, 0) is 0 Å². The van der Waals surface area contributed by atoms with Crippen LogP contribution in [0.1, 0.15) is 13.3 Å². The molecule has 11 heavy (non-hydrogen) atoms. The zero-order chi connectivity index (χ0) is 8.43. The van der Waals surface area contributed by atoms with Crippen molar-refractivity contribution in [2.24, 2.45) is 0 Å². The Balaban J connectivity index is 2.45. The van der Waals surface area contributed by atoms with Crippen LogP contribution in [0.15, 0.2) is 0 Å². The van der Waals surface area contributed by atoms with Gasteiger partial charge in [0.25, 0.3) is 0 Å². The lowest BCUT2D eigenvalue weighted by Crippen LogP contribution is -2.33. The SMILES string of the molecule is C[C@@H]1N[C@H](CCO)[C@H](O)[C@@H]1O. The first-order chi connectivity index (χ1) is 5.16. The summed E-state index contributed by atoms with van der Waals surface area (Å²) < 4.78 is 0. The molecule has 0 unspecified atom stereocenters. The van der Waals surface area contributed by atoms with E-state index in [9.17, 15) is 10.2 Å². The summed E-state index contributed by atoms with van der Waals surface area (Å²) >= 11 is 0. The van der Waals surface area contributed by atoms with Crippen molar-refractivity contribution >= 4 is 0 Å². The summed E-state index contributed by atoms with van der Waals surface area (Å²) in [7, 11) is 0. The van der Waals surface area contributed by atoms with Gasteiger partial charge in [-0.05, 0) is 13.3 Å². The van der Waals surface area contributed by atoms with Crippen molar-refractivity contribution in [3.8, 4) is 0 Å². The Hall–Kier alpha value is -0.160. The van der Waals surface area contributed by atoms with E-state index in [0.29, 0.717) is 6.42 Å². The van der Waals surface area contributed by atoms with Crippen LogP contribution >= 0.6 is 0 Å². The molecule has 1 heterocycles. The van der Waals surface area contributed by atoms with Crippen molar-refractivity contribution < 1.29 is 15.3 Å². The maximum Gasteiger partial charge on any atom is 0.0967 e. The molecule has 66 valence electrons. The third-order valence-corrected chi connectivity index (χ3v) is 2.19. The largest absolute Gasteiger partial charge is 0.396 e. The van der Waals surface area contributed by atoms with Crippen LogP contribution in [0.4, 0.5) is 0 Å². The predicted molar refractivity (Wildman–Crippen MR) is 40.1 cm³/mol. The second kappa shape index (κ2) is 3.49. The van der Waals surface area contributed by atoms with Gasteiger partial charge in [0, 0.05) is 18.7 Å². The second-order valence-electron chi connectivity index (χ2n) is 3.06. The lowest BCUT2D eigenvalue weighted by atomic mass is 10.1. The third kappa shape index (κ3) is 1.70.